The molecule has 1 aromatic carbocycles. The molecule has 0 radical (unpaired) electrons. The SMILES string of the molecule is CCn1nc(C)c(Br)c1COC1CCCc2ccccc21. The Labute approximate surface area is 134 Å². The van der Waals surface area contributed by atoms with E-state index in [-0.39, 0.29) is 6.10 Å². The number of benzene rings is 1. The topological polar surface area (TPSA) is 27.1 Å². The van der Waals surface area contributed by atoms with Gasteiger partial charge in [0.05, 0.1) is 28.6 Å². The van der Waals surface area contributed by atoms with Crippen LogP contribution in [0.1, 0.15) is 48.4 Å². The van der Waals surface area contributed by atoms with E-state index in [1.165, 1.54) is 24.0 Å². The van der Waals surface area contributed by atoms with Gasteiger partial charge in [-0.05, 0) is 60.2 Å². The van der Waals surface area contributed by atoms with Gasteiger partial charge >= 0.3 is 0 Å². The Bertz CT molecular complexity index is 636. The lowest BCUT2D eigenvalue weighted by atomic mass is 9.89. The van der Waals surface area contributed by atoms with E-state index in [0.29, 0.717) is 6.61 Å². The van der Waals surface area contributed by atoms with E-state index in [9.17, 15) is 0 Å². The summed E-state index contributed by atoms with van der Waals surface area (Å²) < 4.78 is 9.34. The Kier molecular flexibility index (Phi) is 4.45. The molecule has 0 N–H and O–H groups in total. The van der Waals surface area contributed by atoms with Crippen LogP contribution in [0.15, 0.2) is 28.7 Å². The van der Waals surface area contributed by atoms with Crippen molar-refractivity contribution in [2.75, 3.05) is 0 Å². The maximum atomic E-state index is 6.24. The summed E-state index contributed by atoms with van der Waals surface area (Å²) in [5.74, 6) is 0. The molecule has 0 saturated carbocycles. The zero-order valence-electron chi connectivity index (χ0n) is 12.6. The van der Waals surface area contributed by atoms with Crippen LogP contribution in [0.25, 0.3) is 0 Å². The van der Waals surface area contributed by atoms with Gasteiger partial charge in [0, 0.05) is 6.54 Å². The van der Waals surface area contributed by atoms with Crippen molar-refractivity contribution in [3.8, 4) is 0 Å². The second-order valence-electron chi connectivity index (χ2n) is 5.55. The minimum atomic E-state index is 0.211. The van der Waals surface area contributed by atoms with Gasteiger partial charge in [0.2, 0.25) is 0 Å². The first-order valence-corrected chi connectivity index (χ1v) is 8.41. The molecule has 1 aliphatic rings. The summed E-state index contributed by atoms with van der Waals surface area (Å²) in [6, 6.07) is 8.65. The predicted molar refractivity (Wildman–Crippen MR) is 87.2 cm³/mol. The minimum Gasteiger partial charge on any atom is -0.367 e. The molecule has 0 aliphatic heterocycles. The predicted octanol–water partition coefficient (Wildman–Crippen LogP) is 4.57. The molecule has 1 aliphatic carbocycles. The third-order valence-corrected chi connectivity index (χ3v) is 5.22. The van der Waals surface area contributed by atoms with Crippen LogP contribution in [0.2, 0.25) is 0 Å². The highest BCUT2D eigenvalue weighted by Crippen LogP contribution is 2.33. The lowest BCUT2D eigenvalue weighted by Crippen LogP contribution is -2.14. The van der Waals surface area contributed by atoms with E-state index in [1.54, 1.807) is 0 Å². The van der Waals surface area contributed by atoms with Gasteiger partial charge in [-0.3, -0.25) is 4.68 Å². The van der Waals surface area contributed by atoms with E-state index in [4.69, 9.17) is 4.74 Å². The summed E-state index contributed by atoms with van der Waals surface area (Å²) in [5, 5.41) is 4.53. The molecule has 0 amide bonds. The molecule has 0 fully saturated rings. The van der Waals surface area contributed by atoms with Crippen LogP contribution < -0.4 is 0 Å². The van der Waals surface area contributed by atoms with Gasteiger partial charge in [0.15, 0.2) is 0 Å². The quantitative estimate of drug-likeness (QED) is 0.809. The average Bonchev–Trinajstić information content (AvgIpc) is 2.80. The minimum absolute atomic E-state index is 0.211. The number of hydrogen-bond acceptors (Lipinski definition) is 2. The largest absolute Gasteiger partial charge is 0.367 e. The van der Waals surface area contributed by atoms with Crippen molar-refractivity contribution >= 4 is 15.9 Å². The number of aryl methyl sites for hydroxylation is 3. The van der Waals surface area contributed by atoms with Crippen LogP contribution >= 0.6 is 15.9 Å². The fraction of sp³-hybridized carbons (Fsp3) is 0.471. The molecular formula is C17H21BrN2O. The molecule has 1 aromatic heterocycles. The number of aromatic nitrogens is 2. The number of nitrogens with zero attached hydrogens (tertiary/aromatic N) is 2. The number of hydrogen-bond donors (Lipinski definition) is 0. The van der Waals surface area contributed by atoms with E-state index >= 15 is 0 Å². The molecule has 3 rings (SSSR count). The van der Waals surface area contributed by atoms with E-state index in [1.807, 2.05) is 11.6 Å². The second-order valence-corrected chi connectivity index (χ2v) is 6.35. The van der Waals surface area contributed by atoms with Gasteiger partial charge < -0.3 is 4.74 Å². The number of halogens is 1. The van der Waals surface area contributed by atoms with Gasteiger partial charge in [0.25, 0.3) is 0 Å². The maximum absolute atomic E-state index is 6.24. The second kappa shape index (κ2) is 6.32. The molecule has 1 atom stereocenters. The highest BCUT2D eigenvalue weighted by molar-refractivity contribution is 9.10. The molecule has 1 unspecified atom stereocenters. The zero-order valence-corrected chi connectivity index (χ0v) is 14.2. The summed E-state index contributed by atoms with van der Waals surface area (Å²) >= 11 is 3.64. The van der Waals surface area contributed by atoms with Crippen LogP contribution in [0.4, 0.5) is 0 Å². The van der Waals surface area contributed by atoms with Crippen LogP contribution in [-0.4, -0.2) is 9.78 Å². The van der Waals surface area contributed by atoms with Crippen molar-refractivity contribution < 1.29 is 4.74 Å². The Balaban J connectivity index is 1.77. The van der Waals surface area contributed by atoms with Crippen molar-refractivity contribution in [3.63, 3.8) is 0 Å². The monoisotopic (exact) mass is 348 g/mol. The molecule has 21 heavy (non-hydrogen) atoms. The molecule has 3 nitrogen and oxygen atoms in total. The van der Waals surface area contributed by atoms with Gasteiger partial charge in [-0.1, -0.05) is 24.3 Å². The van der Waals surface area contributed by atoms with Crippen LogP contribution in [-0.2, 0) is 24.3 Å². The standard InChI is InChI=1S/C17H21BrN2O/c1-3-20-15(17(18)12(2)19-20)11-21-16-10-6-8-13-7-4-5-9-14(13)16/h4-5,7,9,16H,3,6,8,10-11H2,1-2H3. The highest BCUT2D eigenvalue weighted by Gasteiger charge is 2.21. The number of fused-ring (bicyclic) bond motifs is 1. The van der Waals surface area contributed by atoms with Crippen LogP contribution in [0, 0.1) is 6.92 Å². The van der Waals surface area contributed by atoms with Gasteiger partial charge in [-0.15, -0.1) is 0 Å². The summed E-state index contributed by atoms with van der Waals surface area (Å²) in [6.07, 6.45) is 3.69. The van der Waals surface area contributed by atoms with Gasteiger partial charge in [-0.25, -0.2) is 0 Å². The Morgan fingerprint density at radius 2 is 2.19 bits per heavy atom. The molecule has 4 heteroatoms. The van der Waals surface area contributed by atoms with E-state index < -0.39 is 0 Å². The van der Waals surface area contributed by atoms with Gasteiger partial charge in [0.1, 0.15) is 0 Å². The Morgan fingerprint density at radius 1 is 1.38 bits per heavy atom. The van der Waals surface area contributed by atoms with Crippen molar-refractivity contribution in [1.82, 2.24) is 9.78 Å². The maximum Gasteiger partial charge on any atom is 0.0904 e. The number of ether oxygens (including phenoxy) is 1. The molecule has 2 aromatic rings. The average molecular weight is 349 g/mol. The highest BCUT2D eigenvalue weighted by atomic mass is 79.9. The molecule has 112 valence electrons. The van der Waals surface area contributed by atoms with Crippen molar-refractivity contribution in [3.05, 3.63) is 51.3 Å². The summed E-state index contributed by atoms with van der Waals surface area (Å²) in [6.45, 7) is 5.61. The third-order valence-electron chi connectivity index (χ3n) is 4.19. The third kappa shape index (κ3) is 2.92. The van der Waals surface area contributed by atoms with Gasteiger partial charge in [-0.2, -0.15) is 5.10 Å². The van der Waals surface area contributed by atoms with Crippen molar-refractivity contribution in [2.24, 2.45) is 0 Å². The van der Waals surface area contributed by atoms with Crippen molar-refractivity contribution in [2.45, 2.75) is 52.4 Å². The lowest BCUT2D eigenvalue weighted by Gasteiger charge is -2.25. The first kappa shape index (κ1) is 14.8. The molecule has 1 heterocycles. The normalized spacial score (nSPS) is 17.8. The zero-order chi connectivity index (χ0) is 14.8. The first-order valence-electron chi connectivity index (χ1n) is 7.62. The summed E-state index contributed by atoms with van der Waals surface area (Å²) in [5.41, 5.74) is 4.96. The molecule has 0 bridgehead atoms. The Morgan fingerprint density at radius 3 is 3.00 bits per heavy atom. The summed E-state index contributed by atoms with van der Waals surface area (Å²) in [4.78, 5) is 0. The van der Waals surface area contributed by atoms with Crippen LogP contribution in [0.5, 0.6) is 0 Å². The fourth-order valence-corrected chi connectivity index (χ4v) is 3.47. The Hall–Kier alpha value is -1.13. The lowest BCUT2D eigenvalue weighted by molar-refractivity contribution is 0.0243. The molecular weight excluding hydrogens is 328 g/mol. The molecule has 0 saturated heterocycles. The smallest absolute Gasteiger partial charge is 0.0904 e. The number of rotatable bonds is 4. The van der Waals surface area contributed by atoms with E-state index in [0.717, 1.165) is 28.8 Å². The first-order chi connectivity index (χ1) is 10.2. The molecule has 0 spiro atoms. The van der Waals surface area contributed by atoms with Crippen LogP contribution in [0.3, 0.4) is 0 Å². The van der Waals surface area contributed by atoms with Crippen molar-refractivity contribution in [1.29, 1.82) is 0 Å². The fourth-order valence-electron chi connectivity index (χ4n) is 3.07. The van der Waals surface area contributed by atoms with E-state index in [2.05, 4.69) is 52.2 Å². The summed E-state index contributed by atoms with van der Waals surface area (Å²) in [7, 11) is 0.